The molecule has 2 aliphatic heterocycles. The summed E-state index contributed by atoms with van der Waals surface area (Å²) in [6.45, 7) is 5.31. The fraction of sp³-hybridized carbons (Fsp3) is 0.556. The van der Waals surface area contributed by atoms with E-state index in [9.17, 15) is 9.59 Å². The molecule has 1 aromatic carbocycles. The quantitative estimate of drug-likeness (QED) is 0.879. The average molecular weight is 347 g/mol. The molecule has 0 bridgehead atoms. The van der Waals surface area contributed by atoms with Crippen LogP contribution in [0.3, 0.4) is 0 Å². The second-order valence-electron chi connectivity index (χ2n) is 6.47. The largest absolute Gasteiger partial charge is 0.337 e. The first-order valence-electron chi connectivity index (χ1n) is 8.64. The maximum atomic E-state index is 12.6. The number of rotatable bonds is 3. The molecule has 2 heterocycles. The Balaban J connectivity index is 1.65. The van der Waals surface area contributed by atoms with Crippen LogP contribution in [-0.2, 0) is 4.79 Å². The number of anilines is 1. The Kier molecular flexibility index (Phi) is 5.79. The Hall–Kier alpha value is -1.53. The van der Waals surface area contributed by atoms with Gasteiger partial charge in [0.25, 0.3) is 5.91 Å². The van der Waals surface area contributed by atoms with E-state index in [2.05, 4.69) is 10.6 Å². The number of benzene rings is 1. The molecule has 5 nitrogen and oxygen atoms in total. The van der Waals surface area contributed by atoms with Crippen molar-refractivity contribution in [2.24, 2.45) is 5.92 Å². The van der Waals surface area contributed by atoms with Crippen molar-refractivity contribution in [3.05, 3.63) is 29.3 Å². The van der Waals surface area contributed by atoms with Crippen molar-refractivity contribution in [2.75, 3.05) is 43.0 Å². The zero-order chi connectivity index (χ0) is 16.9. The molecule has 0 aromatic heterocycles. The Morgan fingerprint density at radius 2 is 2.08 bits per heavy atom. The lowest BCUT2D eigenvalue weighted by Crippen LogP contribution is -2.38. The van der Waals surface area contributed by atoms with Crippen LogP contribution in [0.25, 0.3) is 0 Å². The van der Waals surface area contributed by atoms with Gasteiger partial charge >= 0.3 is 0 Å². The molecule has 130 valence electrons. The van der Waals surface area contributed by atoms with Crippen LogP contribution in [0.15, 0.2) is 18.2 Å². The highest BCUT2D eigenvalue weighted by Crippen LogP contribution is 2.21. The Morgan fingerprint density at radius 3 is 2.75 bits per heavy atom. The molecule has 2 aliphatic rings. The summed E-state index contributed by atoms with van der Waals surface area (Å²) in [7, 11) is 0. The van der Waals surface area contributed by atoms with Crippen LogP contribution in [0.1, 0.15) is 28.8 Å². The van der Waals surface area contributed by atoms with Gasteiger partial charge in [0.1, 0.15) is 0 Å². The monoisotopic (exact) mass is 347 g/mol. The van der Waals surface area contributed by atoms with Gasteiger partial charge in [-0.15, -0.1) is 0 Å². The van der Waals surface area contributed by atoms with Crippen molar-refractivity contribution in [1.29, 1.82) is 0 Å². The van der Waals surface area contributed by atoms with Crippen LogP contribution in [0.5, 0.6) is 0 Å². The smallest absolute Gasteiger partial charge is 0.253 e. The maximum Gasteiger partial charge on any atom is 0.253 e. The predicted molar refractivity (Wildman–Crippen MR) is 98.6 cm³/mol. The van der Waals surface area contributed by atoms with E-state index in [4.69, 9.17) is 0 Å². The number of carbonyl (C=O) groups is 2. The van der Waals surface area contributed by atoms with Crippen LogP contribution in [0.2, 0.25) is 0 Å². The zero-order valence-corrected chi connectivity index (χ0v) is 15.0. The summed E-state index contributed by atoms with van der Waals surface area (Å²) in [5.74, 6) is 2.21. The molecule has 0 aliphatic carbocycles. The van der Waals surface area contributed by atoms with E-state index in [1.54, 1.807) is 0 Å². The first kappa shape index (κ1) is 17.3. The molecule has 1 atom stereocenters. The molecule has 2 fully saturated rings. The molecule has 6 heteroatoms. The summed E-state index contributed by atoms with van der Waals surface area (Å²) in [5, 5.41) is 6.28. The average Bonchev–Trinajstić information content (AvgIpc) is 2.64. The van der Waals surface area contributed by atoms with E-state index in [1.165, 1.54) is 0 Å². The molecule has 1 aromatic rings. The Bertz CT molecular complexity index is 608. The van der Waals surface area contributed by atoms with Crippen molar-refractivity contribution in [3.63, 3.8) is 0 Å². The van der Waals surface area contributed by atoms with Crippen LogP contribution < -0.4 is 10.6 Å². The number of piperidine rings is 1. The number of hydrogen-bond donors (Lipinski definition) is 2. The maximum absolute atomic E-state index is 12.6. The van der Waals surface area contributed by atoms with E-state index < -0.39 is 0 Å². The van der Waals surface area contributed by atoms with Crippen LogP contribution >= 0.6 is 11.8 Å². The summed E-state index contributed by atoms with van der Waals surface area (Å²) in [6.07, 6.45) is 1.97. The fourth-order valence-corrected chi connectivity index (χ4v) is 4.10. The Labute approximate surface area is 147 Å². The lowest BCUT2D eigenvalue weighted by molar-refractivity contribution is -0.120. The van der Waals surface area contributed by atoms with Crippen molar-refractivity contribution in [2.45, 2.75) is 19.8 Å². The summed E-state index contributed by atoms with van der Waals surface area (Å²) in [4.78, 5) is 26.8. The Morgan fingerprint density at radius 1 is 1.29 bits per heavy atom. The lowest BCUT2D eigenvalue weighted by atomic mass is 9.98. The molecule has 3 rings (SSSR count). The van der Waals surface area contributed by atoms with Crippen molar-refractivity contribution in [1.82, 2.24) is 10.2 Å². The molecule has 0 spiro atoms. The molecular formula is C18H25N3O2S. The number of nitrogens with one attached hydrogen (secondary N) is 2. The van der Waals surface area contributed by atoms with E-state index in [0.717, 1.165) is 61.8 Å². The van der Waals surface area contributed by atoms with Gasteiger partial charge in [-0.3, -0.25) is 9.59 Å². The van der Waals surface area contributed by atoms with E-state index in [1.807, 2.05) is 41.8 Å². The number of aryl methyl sites for hydroxylation is 1. The third kappa shape index (κ3) is 4.11. The van der Waals surface area contributed by atoms with Gasteiger partial charge in [0.05, 0.1) is 5.92 Å². The SMILES string of the molecule is Cc1cc(C(=O)N2CCSCC2)ccc1NC(=O)C1CCCNC1. The van der Waals surface area contributed by atoms with Crippen LogP contribution in [-0.4, -0.2) is 54.4 Å². The summed E-state index contributed by atoms with van der Waals surface area (Å²) in [5.41, 5.74) is 2.44. The molecule has 2 N–H and O–H groups in total. The van der Waals surface area contributed by atoms with Gasteiger partial charge in [-0.25, -0.2) is 0 Å². The van der Waals surface area contributed by atoms with Crippen LogP contribution in [0.4, 0.5) is 5.69 Å². The number of carbonyl (C=O) groups excluding carboxylic acids is 2. The molecule has 1 unspecified atom stereocenters. The molecule has 24 heavy (non-hydrogen) atoms. The summed E-state index contributed by atoms with van der Waals surface area (Å²) < 4.78 is 0. The topological polar surface area (TPSA) is 61.4 Å². The first-order valence-corrected chi connectivity index (χ1v) is 9.80. The molecule has 2 saturated heterocycles. The standard InChI is InChI=1S/C18H25N3O2S/c1-13-11-14(18(23)21-7-9-24-10-8-21)4-5-16(13)20-17(22)15-3-2-6-19-12-15/h4-5,11,15,19H,2-3,6-10,12H2,1H3,(H,20,22). The minimum atomic E-state index is 0.0327. The number of amides is 2. The van der Waals surface area contributed by atoms with E-state index in [0.29, 0.717) is 5.56 Å². The highest BCUT2D eigenvalue weighted by molar-refractivity contribution is 7.99. The zero-order valence-electron chi connectivity index (χ0n) is 14.1. The van der Waals surface area contributed by atoms with E-state index in [-0.39, 0.29) is 17.7 Å². The third-order valence-corrected chi connectivity index (χ3v) is 5.64. The molecular weight excluding hydrogens is 322 g/mol. The fourth-order valence-electron chi connectivity index (χ4n) is 3.20. The summed E-state index contributed by atoms with van der Waals surface area (Å²) >= 11 is 1.89. The minimum absolute atomic E-state index is 0.0327. The summed E-state index contributed by atoms with van der Waals surface area (Å²) in [6, 6.07) is 5.57. The minimum Gasteiger partial charge on any atom is -0.337 e. The van der Waals surface area contributed by atoms with Gasteiger partial charge in [-0.05, 0) is 50.1 Å². The van der Waals surface area contributed by atoms with Crippen LogP contribution in [0, 0.1) is 12.8 Å². The van der Waals surface area contributed by atoms with Crippen molar-refractivity contribution < 1.29 is 9.59 Å². The normalized spacial score (nSPS) is 21.4. The number of thioether (sulfide) groups is 1. The third-order valence-electron chi connectivity index (χ3n) is 4.70. The van der Waals surface area contributed by atoms with Gasteiger partial charge < -0.3 is 15.5 Å². The van der Waals surface area contributed by atoms with Gasteiger partial charge in [0.15, 0.2) is 0 Å². The number of nitrogens with zero attached hydrogens (tertiary/aromatic N) is 1. The second-order valence-corrected chi connectivity index (χ2v) is 7.69. The molecule has 0 radical (unpaired) electrons. The van der Waals surface area contributed by atoms with Crippen molar-refractivity contribution in [3.8, 4) is 0 Å². The first-order chi connectivity index (χ1) is 11.6. The highest BCUT2D eigenvalue weighted by Gasteiger charge is 2.22. The van der Waals surface area contributed by atoms with Gasteiger partial charge in [0.2, 0.25) is 5.91 Å². The molecule has 0 saturated carbocycles. The van der Waals surface area contributed by atoms with Gasteiger partial charge in [0, 0.05) is 42.4 Å². The van der Waals surface area contributed by atoms with Crippen molar-refractivity contribution >= 4 is 29.3 Å². The van der Waals surface area contributed by atoms with E-state index >= 15 is 0 Å². The molecule has 2 amide bonds. The predicted octanol–water partition coefficient (Wildman–Crippen LogP) is 2.12. The number of hydrogen-bond acceptors (Lipinski definition) is 4. The highest BCUT2D eigenvalue weighted by atomic mass is 32.2. The van der Waals surface area contributed by atoms with Gasteiger partial charge in [-0.1, -0.05) is 0 Å². The van der Waals surface area contributed by atoms with Gasteiger partial charge in [-0.2, -0.15) is 11.8 Å². The lowest BCUT2D eigenvalue weighted by Gasteiger charge is -2.26. The second kappa shape index (κ2) is 8.03.